The summed E-state index contributed by atoms with van der Waals surface area (Å²) in [5.74, 6) is -0.168. The third-order valence-corrected chi connectivity index (χ3v) is 2.88. The summed E-state index contributed by atoms with van der Waals surface area (Å²) in [6.07, 6.45) is 0.672. The van der Waals surface area contributed by atoms with Gasteiger partial charge in [0.15, 0.2) is 0 Å². The normalized spacial score (nSPS) is 13.8. The number of rotatable bonds is 5. The summed E-state index contributed by atoms with van der Waals surface area (Å²) in [4.78, 5) is 0. The van der Waals surface area contributed by atoms with E-state index in [-0.39, 0.29) is 11.9 Å². The van der Waals surface area contributed by atoms with E-state index >= 15 is 0 Å². The molecule has 0 amide bonds. The Bertz CT molecular complexity index is 371. The molecule has 1 aromatic carbocycles. The Morgan fingerprint density at radius 2 is 2.06 bits per heavy atom. The first kappa shape index (κ1) is 14.1. The van der Waals surface area contributed by atoms with E-state index in [9.17, 15) is 9.50 Å². The molecule has 0 saturated heterocycles. The number of aliphatic hydroxyl groups is 1. The van der Waals surface area contributed by atoms with Gasteiger partial charge in [-0.2, -0.15) is 0 Å². The number of nitrogens with one attached hydrogen (secondary N) is 1. The molecule has 2 N–H and O–H groups in total. The Balaban J connectivity index is 2.52. The SMILES string of the molecule is Cc1ccc(C(C)NCCC(C)(C)O)cc1F. The molecule has 17 heavy (non-hydrogen) atoms. The summed E-state index contributed by atoms with van der Waals surface area (Å²) in [6.45, 7) is 8.02. The fraction of sp³-hybridized carbons (Fsp3) is 0.571. The molecule has 96 valence electrons. The predicted octanol–water partition coefficient (Wildman–Crippen LogP) is 2.95. The van der Waals surface area contributed by atoms with Gasteiger partial charge in [0.1, 0.15) is 5.82 Å². The van der Waals surface area contributed by atoms with E-state index in [1.807, 2.05) is 13.0 Å². The lowest BCUT2D eigenvalue weighted by Crippen LogP contribution is -2.28. The smallest absolute Gasteiger partial charge is 0.126 e. The first-order chi connectivity index (χ1) is 7.79. The van der Waals surface area contributed by atoms with Crippen LogP contribution >= 0.6 is 0 Å². The van der Waals surface area contributed by atoms with E-state index in [4.69, 9.17) is 0 Å². The molecule has 1 rings (SSSR count). The summed E-state index contributed by atoms with van der Waals surface area (Å²) in [7, 11) is 0. The predicted molar refractivity (Wildman–Crippen MR) is 68.5 cm³/mol. The number of benzene rings is 1. The van der Waals surface area contributed by atoms with Crippen LogP contribution < -0.4 is 5.32 Å². The molecule has 1 atom stereocenters. The fourth-order valence-electron chi connectivity index (χ4n) is 1.59. The van der Waals surface area contributed by atoms with Crippen molar-refractivity contribution in [2.45, 2.75) is 45.8 Å². The Labute approximate surface area is 103 Å². The van der Waals surface area contributed by atoms with Gasteiger partial charge >= 0.3 is 0 Å². The maximum Gasteiger partial charge on any atom is 0.126 e. The molecule has 0 radical (unpaired) electrons. The highest BCUT2D eigenvalue weighted by atomic mass is 19.1. The van der Waals surface area contributed by atoms with Gasteiger partial charge in [-0.3, -0.25) is 0 Å². The van der Waals surface area contributed by atoms with Crippen LogP contribution in [0.4, 0.5) is 4.39 Å². The van der Waals surface area contributed by atoms with Crippen molar-refractivity contribution < 1.29 is 9.50 Å². The quantitative estimate of drug-likeness (QED) is 0.828. The van der Waals surface area contributed by atoms with Gasteiger partial charge in [0.25, 0.3) is 0 Å². The summed E-state index contributed by atoms with van der Waals surface area (Å²) in [5, 5.41) is 12.9. The summed E-state index contributed by atoms with van der Waals surface area (Å²) in [5.41, 5.74) is 0.937. The maximum atomic E-state index is 13.4. The third kappa shape index (κ3) is 4.84. The molecular formula is C14H22FNO. The third-order valence-electron chi connectivity index (χ3n) is 2.88. The molecule has 0 aliphatic heterocycles. The molecule has 1 unspecified atom stereocenters. The van der Waals surface area contributed by atoms with Gasteiger partial charge in [-0.25, -0.2) is 4.39 Å². The van der Waals surface area contributed by atoms with Crippen molar-refractivity contribution in [2.75, 3.05) is 6.54 Å². The van der Waals surface area contributed by atoms with Gasteiger partial charge in [0.2, 0.25) is 0 Å². The molecule has 3 heteroatoms. The van der Waals surface area contributed by atoms with Crippen LogP contribution in [0, 0.1) is 12.7 Å². The van der Waals surface area contributed by atoms with Crippen molar-refractivity contribution in [3.63, 3.8) is 0 Å². The van der Waals surface area contributed by atoms with Crippen LogP contribution in [0.2, 0.25) is 0 Å². The summed E-state index contributed by atoms with van der Waals surface area (Å²) in [6, 6.07) is 5.38. The molecule has 0 saturated carbocycles. The lowest BCUT2D eigenvalue weighted by atomic mass is 10.0. The molecule has 1 aromatic rings. The van der Waals surface area contributed by atoms with Crippen molar-refractivity contribution in [1.29, 1.82) is 0 Å². The van der Waals surface area contributed by atoms with Crippen LogP contribution in [0.1, 0.15) is 44.4 Å². The van der Waals surface area contributed by atoms with Gasteiger partial charge in [0.05, 0.1) is 5.60 Å². The molecule has 0 aliphatic rings. The van der Waals surface area contributed by atoms with E-state index in [1.165, 1.54) is 0 Å². The topological polar surface area (TPSA) is 32.3 Å². The van der Waals surface area contributed by atoms with E-state index in [0.717, 1.165) is 5.56 Å². The molecule has 0 bridgehead atoms. The van der Waals surface area contributed by atoms with E-state index < -0.39 is 5.60 Å². The Morgan fingerprint density at radius 1 is 1.41 bits per heavy atom. The van der Waals surface area contributed by atoms with Gasteiger partial charge in [-0.05, 0) is 57.9 Å². The van der Waals surface area contributed by atoms with Gasteiger partial charge < -0.3 is 10.4 Å². The van der Waals surface area contributed by atoms with Crippen molar-refractivity contribution in [3.8, 4) is 0 Å². The minimum Gasteiger partial charge on any atom is -0.390 e. The number of hydrogen-bond acceptors (Lipinski definition) is 2. The Hall–Kier alpha value is -0.930. The van der Waals surface area contributed by atoms with Crippen molar-refractivity contribution in [1.82, 2.24) is 5.32 Å². The lowest BCUT2D eigenvalue weighted by Gasteiger charge is -2.20. The van der Waals surface area contributed by atoms with Crippen molar-refractivity contribution in [3.05, 3.63) is 35.1 Å². The van der Waals surface area contributed by atoms with Gasteiger partial charge in [-0.1, -0.05) is 12.1 Å². The monoisotopic (exact) mass is 239 g/mol. The Kier molecular flexibility index (Phi) is 4.66. The van der Waals surface area contributed by atoms with Crippen LogP contribution in [0.5, 0.6) is 0 Å². The standard InChI is InChI=1S/C14H22FNO/c1-10-5-6-12(9-13(10)15)11(2)16-8-7-14(3,4)17/h5-6,9,11,16-17H,7-8H2,1-4H3. The summed E-state index contributed by atoms with van der Waals surface area (Å²) >= 11 is 0. The van der Waals surface area contributed by atoms with E-state index in [1.54, 1.807) is 32.9 Å². The largest absolute Gasteiger partial charge is 0.390 e. The second-order valence-electron chi connectivity index (χ2n) is 5.25. The second-order valence-corrected chi connectivity index (χ2v) is 5.25. The zero-order valence-corrected chi connectivity index (χ0v) is 11.0. The molecular weight excluding hydrogens is 217 g/mol. The second kappa shape index (κ2) is 5.61. The highest BCUT2D eigenvalue weighted by Crippen LogP contribution is 2.16. The van der Waals surface area contributed by atoms with E-state index in [2.05, 4.69) is 5.32 Å². The molecule has 0 fully saturated rings. The molecule has 0 aromatic heterocycles. The number of halogens is 1. The van der Waals surface area contributed by atoms with Crippen LogP contribution in [-0.4, -0.2) is 17.3 Å². The first-order valence-electron chi connectivity index (χ1n) is 6.01. The highest BCUT2D eigenvalue weighted by molar-refractivity contribution is 5.25. The van der Waals surface area contributed by atoms with Crippen molar-refractivity contribution in [2.24, 2.45) is 0 Å². The zero-order chi connectivity index (χ0) is 13.1. The highest BCUT2D eigenvalue weighted by Gasteiger charge is 2.13. The average Bonchev–Trinajstić information content (AvgIpc) is 2.20. The molecule has 0 aliphatic carbocycles. The van der Waals surface area contributed by atoms with Crippen LogP contribution in [0.25, 0.3) is 0 Å². The van der Waals surface area contributed by atoms with Crippen LogP contribution in [0.15, 0.2) is 18.2 Å². The average molecular weight is 239 g/mol. The van der Waals surface area contributed by atoms with Gasteiger partial charge in [0, 0.05) is 6.04 Å². The minimum atomic E-state index is -0.661. The minimum absolute atomic E-state index is 0.0902. The number of aryl methyl sites for hydroxylation is 1. The number of hydrogen-bond donors (Lipinski definition) is 2. The van der Waals surface area contributed by atoms with E-state index in [0.29, 0.717) is 18.5 Å². The first-order valence-corrected chi connectivity index (χ1v) is 6.01. The molecule has 2 nitrogen and oxygen atoms in total. The zero-order valence-electron chi connectivity index (χ0n) is 11.0. The maximum absolute atomic E-state index is 13.4. The van der Waals surface area contributed by atoms with Crippen molar-refractivity contribution >= 4 is 0 Å². The van der Waals surface area contributed by atoms with Crippen LogP contribution in [-0.2, 0) is 0 Å². The molecule has 0 spiro atoms. The van der Waals surface area contributed by atoms with Gasteiger partial charge in [-0.15, -0.1) is 0 Å². The lowest BCUT2D eigenvalue weighted by molar-refractivity contribution is 0.0705. The molecule has 0 heterocycles. The Morgan fingerprint density at radius 3 is 2.59 bits per heavy atom. The fourth-order valence-corrected chi connectivity index (χ4v) is 1.59. The van der Waals surface area contributed by atoms with Crippen LogP contribution in [0.3, 0.4) is 0 Å². The summed E-state index contributed by atoms with van der Waals surface area (Å²) < 4.78 is 13.4.